The molecule has 1 aliphatic rings. The third kappa shape index (κ3) is 4.60. The number of amides is 3. The Morgan fingerprint density at radius 2 is 1.89 bits per heavy atom. The van der Waals surface area contributed by atoms with Gasteiger partial charge >= 0.3 is 6.03 Å². The van der Waals surface area contributed by atoms with Crippen LogP contribution in [-0.2, 0) is 11.3 Å². The molecule has 0 bridgehead atoms. The molecular formula is C19H22N4O4. The second-order valence-corrected chi connectivity index (χ2v) is 6.24. The highest BCUT2D eigenvalue weighted by molar-refractivity contribution is 5.93. The number of ether oxygens (including phenoxy) is 1. The number of rotatable bonds is 4. The number of benzene rings is 1. The van der Waals surface area contributed by atoms with Gasteiger partial charge in [0, 0.05) is 24.3 Å². The molecule has 2 heterocycles. The van der Waals surface area contributed by atoms with Gasteiger partial charge in [0.1, 0.15) is 5.82 Å². The van der Waals surface area contributed by atoms with E-state index in [2.05, 4.69) is 4.98 Å². The number of nitrogens with one attached hydrogen (secondary N) is 1. The topological polar surface area (TPSA) is 95.0 Å². The standard InChI is InChI=1S/C19H22N4O4/c1-14-3-2-4-17(20-14)23(19(25)22-9-11-27-12-10-22)13-15-5-7-16(8-6-15)18(24)21-26/h2-8,26H,9-13H2,1H3,(H,21,24). The van der Waals surface area contributed by atoms with E-state index in [1.54, 1.807) is 45.6 Å². The Bertz CT molecular complexity index is 804. The molecule has 3 amide bonds. The summed E-state index contributed by atoms with van der Waals surface area (Å²) in [7, 11) is 0. The van der Waals surface area contributed by atoms with E-state index in [0.29, 0.717) is 44.2 Å². The molecule has 1 aliphatic heterocycles. The lowest BCUT2D eigenvalue weighted by atomic mass is 10.1. The molecule has 1 saturated heterocycles. The van der Waals surface area contributed by atoms with E-state index in [1.165, 1.54) is 0 Å². The minimum atomic E-state index is -0.580. The summed E-state index contributed by atoms with van der Waals surface area (Å²) in [6.07, 6.45) is 0. The number of morpholine rings is 1. The van der Waals surface area contributed by atoms with E-state index >= 15 is 0 Å². The zero-order chi connectivity index (χ0) is 19.2. The van der Waals surface area contributed by atoms with Gasteiger partial charge in [-0.3, -0.25) is 14.9 Å². The first-order valence-corrected chi connectivity index (χ1v) is 8.69. The van der Waals surface area contributed by atoms with Crippen LogP contribution in [0.15, 0.2) is 42.5 Å². The van der Waals surface area contributed by atoms with Crippen molar-refractivity contribution in [1.82, 2.24) is 15.4 Å². The molecule has 3 rings (SSSR count). The summed E-state index contributed by atoms with van der Waals surface area (Å²) in [5.41, 5.74) is 3.60. The van der Waals surface area contributed by atoms with Crippen molar-refractivity contribution in [2.24, 2.45) is 0 Å². The van der Waals surface area contributed by atoms with Crippen LogP contribution in [0.1, 0.15) is 21.6 Å². The number of carbonyl (C=O) groups excluding carboxylic acids is 2. The number of nitrogens with zero attached hydrogens (tertiary/aromatic N) is 3. The smallest absolute Gasteiger partial charge is 0.326 e. The molecular weight excluding hydrogens is 348 g/mol. The fourth-order valence-corrected chi connectivity index (χ4v) is 2.86. The molecule has 8 nitrogen and oxygen atoms in total. The van der Waals surface area contributed by atoms with Crippen LogP contribution in [0, 0.1) is 6.92 Å². The first-order valence-electron chi connectivity index (χ1n) is 8.69. The Balaban J connectivity index is 1.85. The normalized spacial score (nSPS) is 13.9. The second-order valence-electron chi connectivity index (χ2n) is 6.24. The van der Waals surface area contributed by atoms with Gasteiger partial charge < -0.3 is 9.64 Å². The maximum absolute atomic E-state index is 13.1. The molecule has 1 fully saturated rings. The van der Waals surface area contributed by atoms with Gasteiger partial charge in [0.05, 0.1) is 19.8 Å². The Labute approximate surface area is 157 Å². The summed E-state index contributed by atoms with van der Waals surface area (Å²) < 4.78 is 5.33. The zero-order valence-corrected chi connectivity index (χ0v) is 15.1. The van der Waals surface area contributed by atoms with Crippen LogP contribution < -0.4 is 10.4 Å². The Morgan fingerprint density at radius 1 is 1.19 bits per heavy atom. The lowest BCUT2D eigenvalue weighted by Gasteiger charge is -2.32. The Hall–Kier alpha value is -2.97. The molecule has 142 valence electrons. The van der Waals surface area contributed by atoms with E-state index < -0.39 is 5.91 Å². The van der Waals surface area contributed by atoms with Crippen molar-refractivity contribution in [3.8, 4) is 0 Å². The van der Waals surface area contributed by atoms with Crippen molar-refractivity contribution in [3.63, 3.8) is 0 Å². The van der Waals surface area contributed by atoms with Gasteiger partial charge in [-0.15, -0.1) is 0 Å². The van der Waals surface area contributed by atoms with Crippen LogP contribution in [0.4, 0.5) is 10.6 Å². The number of carbonyl (C=O) groups is 2. The monoisotopic (exact) mass is 370 g/mol. The SMILES string of the molecule is Cc1cccc(N(Cc2ccc(C(=O)NO)cc2)C(=O)N2CCOCC2)n1. The number of aryl methyl sites for hydroxylation is 1. The summed E-state index contributed by atoms with van der Waals surface area (Å²) in [4.78, 5) is 32.4. The van der Waals surface area contributed by atoms with E-state index in [4.69, 9.17) is 9.94 Å². The molecule has 0 radical (unpaired) electrons. The lowest BCUT2D eigenvalue weighted by Crippen LogP contribution is -2.48. The summed E-state index contributed by atoms with van der Waals surface area (Å²) in [6, 6.07) is 12.1. The first-order chi connectivity index (χ1) is 13.1. The number of hydroxylamine groups is 1. The first kappa shape index (κ1) is 18.8. The molecule has 1 aromatic carbocycles. The highest BCUT2D eigenvalue weighted by Crippen LogP contribution is 2.19. The molecule has 0 spiro atoms. The van der Waals surface area contributed by atoms with Crippen molar-refractivity contribution in [3.05, 3.63) is 59.3 Å². The number of urea groups is 1. The zero-order valence-electron chi connectivity index (χ0n) is 15.1. The van der Waals surface area contributed by atoms with Crippen molar-refractivity contribution < 1.29 is 19.5 Å². The van der Waals surface area contributed by atoms with Crippen LogP contribution in [0.3, 0.4) is 0 Å². The molecule has 0 unspecified atom stereocenters. The molecule has 1 aromatic heterocycles. The quantitative estimate of drug-likeness (QED) is 0.634. The lowest BCUT2D eigenvalue weighted by molar-refractivity contribution is 0.0547. The maximum Gasteiger partial charge on any atom is 0.326 e. The largest absolute Gasteiger partial charge is 0.378 e. The average Bonchev–Trinajstić information content (AvgIpc) is 2.72. The molecule has 0 aliphatic carbocycles. The minimum Gasteiger partial charge on any atom is -0.378 e. The van der Waals surface area contributed by atoms with Crippen molar-refractivity contribution in [1.29, 1.82) is 0 Å². The maximum atomic E-state index is 13.1. The van der Waals surface area contributed by atoms with Crippen molar-refractivity contribution in [2.45, 2.75) is 13.5 Å². The minimum absolute atomic E-state index is 0.131. The van der Waals surface area contributed by atoms with Gasteiger partial charge in [0.2, 0.25) is 0 Å². The highest BCUT2D eigenvalue weighted by atomic mass is 16.5. The molecule has 27 heavy (non-hydrogen) atoms. The Kier molecular flexibility index (Phi) is 6.00. The number of anilines is 1. The fraction of sp³-hybridized carbons (Fsp3) is 0.316. The predicted molar refractivity (Wildman–Crippen MR) is 98.6 cm³/mol. The number of hydrogen-bond donors (Lipinski definition) is 2. The molecule has 2 N–H and O–H groups in total. The third-order valence-corrected chi connectivity index (χ3v) is 4.32. The average molecular weight is 370 g/mol. The van der Waals surface area contributed by atoms with Crippen LogP contribution in [0.25, 0.3) is 0 Å². The van der Waals surface area contributed by atoms with Gasteiger partial charge in [-0.1, -0.05) is 18.2 Å². The van der Waals surface area contributed by atoms with Gasteiger partial charge in [0.15, 0.2) is 0 Å². The second kappa shape index (κ2) is 8.61. The predicted octanol–water partition coefficient (Wildman–Crippen LogP) is 1.97. The van der Waals surface area contributed by atoms with Crippen molar-refractivity contribution >= 4 is 17.8 Å². The molecule has 2 aromatic rings. The number of pyridine rings is 1. The molecule has 0 saturated carbocycles. The fourth-order valence-electron chi connectivity index (χ4n) is 2.86. The van der Waals surface area contributed by atoms with Crippen LogP contribution in [-0.4, -0.2) is 53.3 Å². The number of hydrogen-bond acceptors (Lipinski definition) is 5. The molecule has 0 atom stereocenters. The number of aromatic nitrogens is 1. The van der Waals surface area contributed by atoms with Gasteiger partial charge in [-0.2, -0.15) is 0 Å². The van der Waals surface area contributed by atoms with Gasteiger partial charge in [0.25, 0.3) is 5.91 Å². The Morgan fingerprint density at radius 3 is 2.52 bits per heavy atom. The van der Waals surface area contributed by atoms with Crippen molar-refractivity contribution in [2.75, 3.05) is 31.2 Å². The highest BCUT2D eigenvalue weighted by Gasteiger charge is 2.25. The van der Waals surface area contributed by atoms with Crippen LogP contribution in [0.2, 0.25) is 0 Å². The summed E-state index contributed by atoms with van der Waals surface area (Å²) in [6.45, 7) is 4.31. The van der Waals surface area contributed by atoms with Crippen LogP contribution in [0.5, 0.6) is 0 Å². The van der Waals surface area contributed by atoms with E-state index in [1.807, 2.05) is 19.1 Å². The van der Waals surface area contributed by atoms with Gasteiger partial charge in [-0.05, 0) is 36.8 Å². The third-order valence-electron chi connectivity index (χ3n) is 4.32. The summed E-state index contributed by atoms with van der Waals surface area (Å²) >= 11 is 0. The summed E-state index contributed by atoms with van der Waals surface area (Å²) in [5.74, 6) is -0.00757. The van der Waals surface area contributed by atoms with Crippen LogP contribution >= 0.6 is 0 Å². The van der Waals surface area contributed by atoms with E-state index in [9.17, 15) is 9.59 Å². The summed E-state index contributed by atoms with van der Waals surface area (Å²) in [5, 5.41) is 8.72. The molecule has 8 heteroatoms. The van der Waals surface area contributed by atoms with E-state index in [0.717, 1.165) is 11.3 Å². The van der Waals surface area contributed by atoms with Gasteiger partial charge in [-0.25, -0.2) is 15.3 Å². The van der Waals surface area contributed by atoms with E-state index in [-0.39, 0.29) is 6.03 Å².